The van der Waals surface area contributed by atoms with Crippen LogP contribution in [0.5, 0.6) is 0 Å². The van der Waals surface area contributed by atoms with E-state index in [0.29, 0.717) is 55.0 Å². The fourth-order valence-corrected chi connectivity index (χ4v) is 9.57. The minimum absolute atomic E-state index is 0.134. The molecule has 7 N–H and O–H groups in total. The van der Waals surface area contributed by atoms with Crippen molar-refractivity contribution in [3.05, 3.63) is 142 Å². The number of nitrogen functional groups attached to an aromatic ring is 1. The Morgan fingerprint density at radius 1 is 0.500 bits per heavy atom. The van der Waals surface area contributed by atoms with Crippen molar-refractivity contribution < 1.29 is 14.4 Å². The van der Waals surface area contributed by atoms with Crippen molar-refractivity contribution in [2.45, 2.75) is 58.5 Å². The zero-order valence-electron chi connectivity index (χ0n) is 40.2. The Hall–Kier alpha value is -8.73. The number of anilines is 5. The highest BCUT2D eigenvalue weighted by molar-refractivity contribution is 9.10. The molecule has 0 spiro atoms. The molecule has 12 rings (SSSR count). The molecule has 9 aromatic rings. The highest BCUT2D eigenvalue weighted by Gasteiger charge is 2.40. The number of rotatable bonds is 4. The lowest BCUT2D eigenvalue weighted by molar-refractivity contribution is 0.0925. The summed E-state index contributed by atoms with van der Waals surface area (Å²) < 4.78 is 4.37. The third-order valence-corrected chi connectivity index (χ3v) is 12.9. The third-order valence-electron chi connectivity index (χ3n) is 11.5. The predicted octanol–water partition coefficient (Wildman–Crippen LogP) is 4.53. The van der Waals surface area contributed by atoms with E-state index in [1.54, 1.807) is 65.9 Å². The highest BCUT2D eigenvalue weighted by atomic mass is 79.9. The monoisotopic (exact) mass is 1150 g/mol. The average Bonchev–Trinajstić information content (AvgIpc) is 3.90. The van der Waals surface area contributed by atoms with Gasteiger partial charge in [-0.15, -0.1) is 15.3 Å². The Balaban J connectivity index is 0.000000130. The standard InChI is InChI=1S/2C15H12ClN7O2.C9H8BrClN2O2.C6H5N5/c2*1-15(2)21-13(24)11-7(16)5-9(14(25)23(11)15)20-12-10-8(17-6-18-12)3-4-19-22-10;1-9(2)12-7(14)6-5(11)3-4(10)8(15)13(6)9;7-6-5-4(8-3-9-6)1-2-10-11-5/h2*3-6H,1-2H3,(H,21,24)(H,17,18,20);3H,1-2H3,(H,12,14);1-3H,(H2,7,8,9). The summed E-state index contributed by atoms with van der Waals surface area (Å²) in [4.78, 5) is 97.5. The first-order valence-electron chi connectivity index (χ1n) is 22.1. The van der Waals surface area contributed by atoms with Crippen LogP contribution >= 0.6 is 50.7 Å². The number of halogens is 4. The van der Waals surface area contributed by atoms with E-state index in [2.05, 4.69) is 103 Å². The number of amides is 3. The predicted molar refractivity (Wildman–Crippen MR) is 282 cm³/mol. The van der Waals surface area contributed by atoms with Crippen LogP contribution in [0.3, 0.4) is 0 Å². The number of carbonyl (C=O) groups is 3. The van der Waals surface area contributed by atoms with Crippen LogP contribution in [0.2, 0.25) is 15.1 Å². The molecule has 76 heavy (non-hydrogen) atoms. The molecule has 12 heterocycles. The van der Waals surface area contributed by atoms with Gasteiger partial charge >= 0.3 is 0 Å². The van der Waals surface area contributed by atoms with Crippen molar-refractivity contribution in [3.8, 4) is 0 Å². The molecular weight excluding hydrogens is 1120 g/mol. The topological polar surface area (TPSA) is 358 Å². The first kappa shape index (κ1) is 52.1. The zero-order valence-corrected chi connectivity index (χ0v) is 44.0. The second-order valence-corrected chi connectivity index (χ2v) is 20.0. The maximum Gasteiger partial charge on any atom is 0.276 e. The molecule has 3 amide bonds. The summed E-state index contributed by atoms with van der Waals surface area (Å²) in [6, 6.07) is 9.35. The molecule has 0 saturated heterocycles. The summed E-state index contributed by atoms with van der Waals surface area (Å²) in [5.74, 6) is -0.101. The van der Waals surface area contributed by atoms with Gasteiger partial charge in [0.1, 0.15) is 64.4 Å². The lowest BCUT2D eigenvalue weighted by atomic mass is 10.2. The molecule has 0 radical (unpaired) electrons. The zero-order chi connectivity index (χ0) is 54.6. The van der Waals surface area contributed by atoms with E-state index >= 15 is 0 Å². The number of hydrogen-bond acceptors (Lipinski definition) is 21. The van der Waals surface area contributed by atoms with Gasteiger partial charge in [-0.3, -0.25) is 42.5 Å². The summed E-state index contributed by atoms with van der Waals surface area (Å²) in [5, 5.41) is 37.6. The van der Waals surface area contributed by atoms with Gasteiger partial charge in [-0.2, -0.15) is 15.3 Å². The van der Waals surface area contributed by atoms with Gasteiger partial charge in [0.15, 0.2) is 34.0 Å². The van der Waals surface area contributed by atoms with E-state index in [1.807, 2.05) is 0 Å². The van der Waals surface area contributed by atoms with Gasteiger partial charge < -0.3 is 32.3 Å². The van der Waals surface area contributed by atoms with Crippen molar-refractivity contribution >= 4 is 130 Å². The van der Waals surface area contributed by atoms with Gasteiger partial charge in [-0.05, 0) is 93.9 Å². The van der Waals surface area contributed by atoms with E-state index in [9.17, 15) is 28.8 Å². The number of pyridine rings is 3. The van der Waals surface area contributed by atoms with Crippen LogP contribution in [0.4, 0.5) is 28.8 Å². The van der Waals surface area contributed by atoms with Crippen LogP contribution in [0.15, 0.2) is 92.8 Å². The molecule has 0 fully saturated rings. The molecule has 386 valence electrons. The molecule has 3 aliphatic rings. The Morgan fingerprint density at radius 3 is 1.24 bits per heavy atom. The largest absolute Gasteiger partial charge is 0.382 e. The van der Waals surface area contributed by atoms with Gasteiger partial charge in [-0.1, -0.05) is 34.8 Å². The minimum Gasteiger partial charge on any atom is -0.382 e. The Bertz CT molecular complexity index is 3910. The molecule has 0 saturated carbocycles. The Kier molecular flexibility index (Phi) is 13.6. The van der Waals surface area contributed by atoms with Crippen LogP contribution in [0.25, 0.3) is 33.1 Å². The molecule has 0 unspecified atom stereocenters. The number of hydrogen-bond donors (Lipinski definition) is 6. The highest BCUT2D eigenvalue weighted by Crippen LogP contribution is 2.32. The van der Waals surface area contributed by atoms with Crippen LogP contribution in [-0.4, -0.2) is 91.9 Å². The summed E-state index contributed by atoms with van der Waals surface area (Å²) in [7, 11) is 0. The Morgan fingerprint density at radius 2 is 0.842 bits per heavy atom. The van der Waals surface area contributed by atoms with Gasteiger partial charge in [0.25, 0.3) is 34.4 Å². The fourth-order valence-electron chi connectivity index (χ4n) is 8.20. The fraction of sp³-hybridized carbons (Fsp3) is 0.200. The molecule has 0 aliphatic carbocycles. The number of fused-ring (bicyclic) bond motifs is 6. The minimum atomic E-state index is -0.891. The van der Waals surface area contributed by atoms with Crippen LogP contribution in [0.1, 0.15) is 73.0 Å². The van der Waals surface area contributed by atoms with Gasteiger partial charge in [0.05, 0.1) is 54.7 Å². The summed E-state index contributed by atoms with van der Waals surface area (Å²) in [6.45, 7) is 10.4. The maximum atomic E-state index is 12.9. The maximum absolute atomic E-state index is 12.9. The number of nitrogens with one attached hydrogen (secondary N) is 5. The van der Waals surface area contributed by atoms with Crippen LogP contribution in [-0.2, 0) is 17.0 Å². The van der Waals surface area contributed by atoms with E-state index in [0.717, 1.165) is 0 Å². The second kappa shape index (κ2) is 19.8. The van der Waals surface area contributed by atoms with Crippen molar-refractivity contribution in [1.29, 1.82) is 0 Å². The molecule has 9 aromatic heterocycles. The smallest absolute Gasteiger partial charge is 0.276 e. The lowest BCUT2D eigenvalue weighted by Crippen LogP contribution is -2.42. The average molecular weight is 1150 g/mol. The number of nitrogens with two attached hydrogens (primary N) is 1. The molecule has 0 aromatic carbocycles. The SMILES string of the molecule is CC1(C)NC(=O)c2c(Cl)cc(Br)c(=O)n21.CC1(C)NC(=O)c2c(Cl)cc(Nc3ncnc4ccnnc34)c(=O)n21.CC1(C)NC(=O)c2c(Cl)cc(Nc3ncnc4ccnnc34)c(=O)n21.Nc1ncnc2ccnnc12. The molecule has 27 nitrogen and oxygen atoms in total. The quantitative estimate of drug-likeness (QED) is 0.141. The van der Waals surface area contributed by atoms with E-state index in [4.69, 9.17) is 40.5 Å². The van der Waals surface area contributed by atoms with Gasteiger partial charge in [0, 0.05) is 0 Å². The summed E-state index contributed by atoms with van der Waals surface area (Å²) in [6.07, 6.45) is 8.70. The van der Waals surface area contributed by atoms with E-state index in [1.165, 1.54) is 63.3 Å². The number of carbonyl (C=O) groups excluding carboxylic acids is 3. The lowest BCUT2D eigenvalue weighted by Gasteiger charge is -2.22. The van der Waals surface area contributed by atoms with Crippen LogP contribution in [0, 0.1) is 0 Å². The van der Waals surface area contributed by atoms with Crippen LogP contribution < -0.4 is 49.0 Å². The van der Waals surface area contributed by atoms with Gasteiger partial charge in [0.2, 0.25) is 0 Å². The molecule has 0 bridgehead atoms. The number of aromatic nitrogens is 15. The third kappa shape index (κ3) is 9.64. The van der Waals surface area contributed by atoms with Crippen molar-refractivity contribution in [2.24, 2.45) is 0 Å². The summed E-state index contributed by atoms with van der Waals surface area (Å²) >= 11 is 21.5. The first-order chi connectivity index (χ1) is 36.0. The molecule has 0 atom stereocenters. The van der Waals surface area contributed by atoms with Crippen molar-refractivity contribution in [1.82, 2.24) is 90.1 Å². The Labute approximate surface area is 449 Å². The number of nitrogens with zero attached hydrogens (tertiary/aromatic N) is 15. The van der Waals surface area contributed by atoms with E-state index in [-0.39, 0.29) is 55.0 Å². The summed E-state index contributed by atoms with van der Waals surface area (Å²) in [5.41, 5.74) is 5.99. The van der Waals surface area contributed by atoms with Crippen molar-refractivity contribution in [2.75, 3.05) is 16.4 Å². The normalized spacial score (nSPS) is 14.8. The molecule has 3 aliphatic heterocycles. The first-order valence-corrected chi connectivity index (χ1v) is 24.0. The second-order valence-electron chi connectivity index (χ2n) is 17.9. The molecular formula is C45H37BrCl3N21O6. The van der Waals surface area contributed by atoms with Crippen molar-refractivity contribution in [3.63, 3.8) is 0 Å². The van der Waals surface area contributed by atoms with Gasteiger partial charge in [-0.25, -0.2) is 29.9 Å². The molecule has 31 heteroatoms. The van der Waals surface area contributed by atoms with E-state index < -0.39 is 39.9 Å².